The zero-order chi connectivity index (χ0) is 13.0. The van der Waals surface area contributed by atoms with Crippen LogP contribution in [0.2, 0.25) is 0 Å². The predicted molar refractivity (Wildman–Crippen MR) is 71.8 cm³/mol. The molecule has 18 heavy (non-hydrogen) atoms. The number of nitrogens with zero attached hydrogens (tertiary/aromatic N) is 1. The van der Waals surface area contributed by atoms with E-state index < -0.39 is 0 Å². The highest BCUT2D eigenvalue weighted by atomic mass is 32.2. The average molecular weight is 265 g/mol. The van der Waals surface area contributed by atoms with Crippen LogP contribution in [-0.4, -0.2) is 42.7 Å². The van der Waals surface area contributed by atoms with Gasteiger partial charge in [0.05, 0.1) is 6.54 Å². The van der Waals surface area contributed by atoms with Gasteiger partial charge < -0.3 is 10.6 Å². The Kier molecular flexibility index (Phi) is 4.09. The van der Waals surface area contributed by atoms with Crippen molar-refractivity contribution in [2.24, 2.45) is 0 Å². The van der Waals surface area contributed by atoms with Crippen LogP contribution < -0.4 is 10.6 Å². The summed E-state index contributed by atoms with van der Waals surface area (Å²) in [6.45, 7) is 1.11. The number of nitrogens with one attached hydrogen (secondary N) is 2. The van der Waals surface area contributed by atoms with Crippen LogP contribution in [0.25, 0.3) is 0 Å². The molecule has 3 amide bonds. The van der Waals surface area contributed by atoms with E-state index >= 15 is 0 Å². The zero-order valence-corrected chi connectivity index (χ0v) is 10.9. The van der Waals surface area contributed by atoms with Crippen molar-refractivity contribution < 1.29 is 9.59 Å². The highest BCUT2D eigenvalue weighted by Crippen LogP contribution is 2.24. The van der Waals surface area contributed by atoms with Crippen LogP contribution >= 0.6 is 11.8 Å². The van der Waals surface area contributed by atoms with Gasteiger partial charge >= 0.3 is 6.03 Å². The summed E-state index contributed by atoms with van der Waals surface area (Å²) >= 11 is 1.61. The van der Waals surface area contributed by atoms with E-state index in [0.29, 0.717) is 13.1 Å². The van der Waals surface area contributed by atoms with Crippen molar-refractivity contribution in [1.29, 1.82) is 0 Å². The lowest BCUT2D eigenvalue weighted by Crippen LogP contribution is -2.38. The maximum absolute atomic E-state index is 11.8. The Labute approximate surface area is 110 Å². The lowest BCUT2D eigenvalue weighted by atomic mass is 10.3. The molecule has 0 unspecified atom stereocenters. The third kappa shape index (κ3) is 2.76. The number of anilines is 1. The molecule has 6 heteroatoms. The molecule has 2 rings (SSSR count). The van der Waals surface area contributed by atoms with E-state index in [1.807, 2.05) is 30.5 Å². The van der Waals surface area contributed by atoms with Crippen LogP contribution in [0.3, 0.4) is 0 Å². The molecule has 0 aromatic heterocycles. The summed E-state index contributed by atoms with van der Waals surface area (Å²) in [5.41, 5.74) is 0.915. The number of amides is 3. The van der Waals surface area contributed by atoms with Crippen molar-refractivity contribution in [2.45, 2.75) is 4.90 Å². The smallest absolute Gasteiger partial charge is 0.324 e. The molecule has 2 N–H and O–H groups in total. The molecule has 0 atom stereocenters. The fraction of sp³-hybridized carbons (Fsp3) is 0.333. The van der Waals surface area contributed by atoms with E-state index in [0.717, 1.165) is 10.6 Å². The van der Waals surface area contributed by atoms with Crippen LogP contribution in [0.4, 0.5) is 10.5 Å². The second-order valence-corrected chi connectivity index (χ2v) is 4.68. The molecule has 1 fully saturated rings. The van der Waals surface area contributed by atoms with Gasteiger partial charge in [0.2, 0.25) is 5.91 Å². The van der Waals surface area contributed by atoms with Gasteiger partial charge in [-0.3, -0.25) is 9.69 Å². The number of rotatable bonds is 4. The first kappa shape index (κ1) is 12.8. The Morgan fingerprint density at radius 1 is 1.50 bits per heavy atom. The average Bonchev–Trinajstić information content (AvgIpc) is 2.82. The molecule has 96 valence electrons. The van der Waals surface area contributed by atoms with Crippen molar-refractivity contribution in [3.8, 4) is 0 Å². The molecular weight excluding hydrogens is 250 g/mol. The molecule has 5 nitrogen and oxygen atoms in total. The van der Waals surface area contributed by atoms with Gasteiger partial charge in [-0.1, -0.05) is 12.1 Å². The number of benzene rings is 1. The summed E-state index contributed by atoms with van der Waals surface area (Å²) < 4.78 is 0. The summed E-state index contributed by atoms with van der Waals surface area (Å²) in [7, 11) is 0. The normalized spacial score (nSPS) is 14.5. The minimum Gasteiger partial charge on any atom is -0.375 e. The molecule has 0 radical (unpaired) electrons. The topological polar surface area (TPSA) is 61.4 Å². The van der Waals surface area contributed by atoms with Gasteiger partial charge in [0.1, 0.15) is 0 Å². The number of hydrogen-bond acceptors (Lipinski definition) is 4. The van der Waals surface area contributed by atoms with Gasteiger partial charge in [0.15, 0.2) is 0 Å². The second kappa shape index (κ2) is 5.77. The van der Waals surface area contributed by atoms with Crippen LogP contribution in [-0.2, 0) is 4.79 Å². The van der Waals surface area contributed by atoms with Crippen molar-refractivity contribution in [2.75, 3.05) is 31.2 Å². The number of hydrogen-bond donors (Lipinski definition) is 2. The van der Waals surface area contributed by atoms with E-state index in [1.54, 1.807) is 11.8 Å². The Morgan fingerprint density at radius 3 is 2.94 bits per heavy atom. The van der Waals surface area contributed by atoms with Gasteiger partial charge in [-0.25, -0.2) is 4.79 Å². The summed E-state index contributed by atoms with van der Waals surface area (Å²) in [6.07, 6.45) is 1.98. The molecule has 1 saturated heterocycles. The minimum atomic E-state index is -0.306. The van der Waals surface area contributed by atoms with Gasteiger partial charge in [0.25, 0.3) is 0 Å². The Hall–Kier alpha value is -1.69. The highest BCUT2D eigenvalue weighted by Gasteiger charge is 2.25. The van der Waals surface area contributed by atoms with Crippen molar-refractivity contribution >= 4 is 29.4 Å². The number of thioether (sulfide) groups is 1. The number of carbonyl (C=O) groups excluding carboxylic acids is 2. The number of urea groups is 1. The summed E-state index contributed by atoms with van der Waals surface area (Å²) in [4.78, 5) is 25.4. The van der Waals surface area contributed by atoms with Crippen LogP contribution in [0.1, 0.15) is 0 Å². The van der Waals surface area contributed by atoms with Crippen LogP contribution in [0, 0.1) is 0 Å². The first-order valence-electron chi connectivity index (χ1n) is 5.67. The monoisotopic (exact) mass is 265 g/mol. The molecule has 1 aromatic carbocycles. The highest BCUT2D eigenvalue weighted by molar-refractivity contribution is 7.98. The zero-order valence-electron chi connectivity index (χ0n) is 10.1. The van der Waals surface area contributed by atoms with E-state index in [4.69, 9.17) is 0 Å². The molecule has 0 spiro atoms. The SMILES string of the molecule is CSc1ccccc1NCC(=O)N1CCNC1=O. The molecule has 0 saturated carbocycles. The Bertz CT molecular complexity index is 464. The number of carbonyl (C=O) groups is 2. The molecule has 0 bridgehead atoms. The second-order valence-electron chi connectivity index (χ2n) is 3.83. The van der Waals surface area contributed by atoms with E-state index in [2.05, 4.69) is 10.6 Å². The molecule has 1 aromatic rings. The molecule has 1 aliphatic heterocycles. The first-order chi connectivity index (χ1) is 8.72. The summed E-state index contributed by atoms with van der Waals surface area (Å²) in [6, 6.07) is 7.46. The van der Waals surface area contributed by atoms with Crippen molar-refractivity contribution in [1.82, 2.24) is 10.2 Å². The largest absolute Gasteiger partial charge is 0.375 e. The lowest BCUT2D eigenvalue weighted by Gasteiger charge is -2.14. The fourth-order valence-corrected chi connectivity index (χ4v) is 2.34. The van der Waals surface area contributed by atoms with Crippen LogP contribution in [0.15, 0.2) is 29.2 Å². The van der Waals surface area contributed by atoms with Gasteiger partial charge in [-0.05, 0) is 18.4 Å². The van der Waals surface area contributed by atoms with Crippen molar-refractivity contribution in [3.63, 3.8) is 0 Å². The third-order valence-corrected chi connectivity index (χ3v) is 3.49. The van der Waals surface area contributed by atoms with Gasteiger partial charge in [-0.2, -0.15) is 0 Å². The molecule has 1 heterocycles. The Balaban J connectivity index is 1.95. The van der Waals surface area contributed by atoms with Gasteiger partial charge in [-0.15, -0.1) is 11.8 Å². The van der Waals surface area contributed by atoms with Crippen molar-refractivity contribution in [3.05, 3.63) is 24.3 Å². The third-order valence-electron chi connectivity index (χ3n) is 2.69. The Morgan fingerprint density at radius 2 is 2.28 bits per heavy atom. The minimum absolute atomic E-state index is 0.130. The maximum Gasteiger partial charge on any atom is 0.324 e. The molecular formula is C12H15N3O2S. The molecule has 0 aliphatic carbocycles. The van der Waals surface area contributed by atoms with Crippen LogP contribution in [0.5, 0.6) is 0 Å². The predicted octanol–water partition coefficient (Wildman–Crippen LogP) is 1.37. The quantitative estimate of drug-likeness (QED) is 0.807. The first-order valence-corrected chi connectivity index (χ1v) is 6.90. The summed E-state index contributed by atoms with van der Waals surface area (Å²) in [5.74, 6) is -0.207. The standard InChI is InChI=1S/C12H15N3O2S/c1-18-10-5-3-2-4-9(10)14-8-11(16)15-7-6-13-12(15)17/h2-5,14H,6-8H2,1H3,(H,13,17). The molecule has 1 aliphatic rings. The maximum atomic E-state index is 11.8. The van der Waals surface area contributed by atoms with E-state index in [-0.39, 0.29) is 18.5 Å². The van der Waals surface area contributed by atoms with Gasteiger partial charge in [0, 0.05) is 23.7 Å². The van der Waals surface area contributed by atoms with E-state index in [9.17, 15) is 9.59 Å². The number of para-hydroxylation sites is 1. The van der Waals surface area contributed by atoms with E-state index in [1.165, 1.54) is 4.90 Å². The fourth-order valence-electron chi connectivity index (χ4n) is 1.77. The summed E-state index contributed by atoms with van der Waals surface area (Å²) in [5, 5.41) is 5.67. The lowest BCUT2D eigenvalue weighted by molar-refractivity contribution is -0.125. The number of imide groups is 1.